The van der Waals surface area contributed by atoms with Crippen molar-refractivity contribution >= 4 is 34.6 Å². The Morgan fingerprint density at radius 3 is 2.20 bits per heavy atom. The average molecular weight is 359 g/mol. The lowest BCUT2D eigenvalue weighted by molar-refractivity contribution is 0.0977. The number of hydrogen-bond acceptors (Lipinski definition) is 5. The van der Waals surface area contributed by atoms with E-state index in [9.17, 15) is 4.79 Å². The molecule has 2 rings (SSSR count). The van der Waals surface area contributed by atoms with Gasteiger partial charge in [-0.25, -0.2) is 0 Å². The third kappa shape index (κ3) is 4.84. The van der Waals surface area contributed by atoms with Crippen LogP contribution in [0.15, 0.2) is 42.5 Å². The molecule has 0 bridgehead atoms. The van der Waals surface area contributed by atoms with Gasteiger partial charge in [0.15, 0.2) is 16.6 Å². The number of ether oxygens (including phenoxy) is 2. The predicted octanol–water partition coefficient (Wildman–Crippen LogP) is 2.90. The van der Waals surface area contributed by atoms with Crippen molar-refractivity contribution in [3.05, 3.63) is 48.0 Å². The summed E-state index contributed by atoms with van der Waals surface area (Å²) in [7, 11) is 6.99. The van der Waals surface area contributed by atoms with Crippen LogP contribution in [-0.4, -0.2) is 39.3 Å². The fourth-order valence-corrected chi connectivity index (χ4v) is 2.37. The summed E-state index contributed by atoms with van der Waals surface area (Å²) in [6.45, 7) is 0. The Balaban J connectivity index is 2.01. The zero-order valence-electron chi connectivity index (χ0n) is 14.6. The summed E-state index contributed by atoms with van der Waals surface area (Å²) in [5.41, 5.74) is 2.29. The van der Waals surface area contributed by atoms with Gasteiger partial charge in [0.2, 0.25) is 0 Å². The van der Waals surface area contributed by atoms with Crippen LogP contribution in [0, 0.1) is 0 Å². The largest absolute Gasteiger partial charge is 0.493 e. The first-order chi connectivity index (χ1) is 11.9. The number of carbonyl (C=O) groups excluding carboxylic acids is 1. The third-order valence-electron chi connectivity index (χ3n) is 3.51. The highest BCUT2D eigenvalue weighted by Gasteiger charge is 2.12. The summed E-state index contributed by atoms with van der Waals surface area (Å²) in [6, 6.07) is 12.6. The maximum atomic E-state index is 12.3. The van der Waals surface area contributed by atoms with Gasteiger partial charge in [0.1, 0.15) is 0 Å². The number of rotatable bonds is 5. The van der Waals surface area contributed by atoms with E-state index in [4.69, 9.17) is 21.7 Å². The molecule has 25 heavy (non-hydrogen) atoms. The van der Waals surface area contributed by atoms with Crippen molar-refractivity contribution in [1.29, 1.82) is 0 Å². The van der Waals surface area contributed by atoms with Crippen LogP contribution in [0.4, 0.5) is 11.4 Å². The minimum absolute atomic E-state index is 0.220. The van der Waals surface area contributed by atoms with E-state index in [-0.39, 0.29) is 11.0 Å². The van der Waals surface area contributed by atoms with Crippen molar-refractivity contribution in [2.24, 2.45) is 0 Å². The molecule has 2 N–H and O–H groups in total. The van der Waals surface area contributed by atoms with Crippen molar-refractivity contribution in [3.63, 3.8) is 0 Å². The van der Waals surface area contributed by atoms with Gasteiger partial charge in [-0.2, -0.15) is 0 Å². The number of methoxy groups -OCH3 is 2. The fraction of sp³-hybridized carbons (Fsp3) is 0.222. The predicted molar refractivity (Wildman–Crippen MR) is 104 cm³/mol. The van der Waals surface area contributed by atoms with Crippen LogP contribution in [0.1, 0.15) is 10.4 Å². The van der Waals surface area contributed by atoms with Gasteiger partial charge in [0.25, 0.3) is 5.91 Å². The molecule has 0 aliphatic heterocycles. The maximum Gasteiger partial charge on any atom is 0.257 e. The highest BCUT2D eigenvalue weighted by atomic mass is 32.1. The summed E-state index contributed by atoms with van der Waals surface area (Å²) in [6.07, 6.45) is 0. The first kappa shape index (κ1) is 18.5. The van der Waals surface area contributed by atoms with Crippen LogP contribution in [0.3, 0.4) is 0 Å². The van der Waals surface area contributed by atoms with Crippen molar-refractivity contribution < 1.29 is 14.3 Å². The van der Waals surface area contributed by atoms with E-state index in [0.717, 1.165) is 11.4 Å². The van der Waals surface area contributed by atoms with Crippen LogP contribution >= 0.6 is 12.2 Å². The molecule has 0 heterocycles. The fourth-order valence-electron chi connectivity index (χ4n) is 2.16. The number of anilines is 2. The Bertz CT molecular complexity index is 761. The minimum atomic E-state index is -0.330. The second-order valence-corrected chi connectivity index (χ2v) is 5.83. The molecule has 0 unspecified atom stereocenters. The van der Waals surface area contributed by atoms with Crippen LogP contribution < -0.4 is 25.0 Å². The topological polar surface area (TPSA) is 62.8 Å². The molecule has 0 aliphatic rings. The lowest BCUT2D eigenvalue weighted by Crippen LogP contribution is -2.34. The highest BCUT2D eigenvalue weighted by Crippen LogP contribution is 2.27. The Morgan fingerprint density at radius 2 is 1.64 bits per heavy atom. The normalized spacial score (nSPS) is 9.92. The standard InChI is InChI=1S/C18H21N3O3S/c1-21(2)14-8-6-13(7-9-14)19-18(25)20-17(22)12-5-10-15(23-3)16(11-12)24-4/h5-11H,1-4H3,(H2,19,20,22,25). The van der Waals surface area contributed by atoms with Crippen LogP contribution in [-0.2, 0) is 0 Å². The quantitative estimate of drug-likeness (QED) is 0.801. The van der Waals surface area contributed by atoms with E-state index in [1.54, 1.807) is 18.2 Å². The van der Waals surface area contributed by atoms with E-state index in [2.05, 4.69) is 10.6 Å². The molecule has 0 radical (unpaired) electrons. The Labute approximate surface area is 152 Å². The van der Waals surface area contributed by atoms with Crippen LogP contribution in [0.5, 0.6) is 11.5 Å². The van der Waals surface area contributed by atoms with E-state index < -0.39 is 0 Å². The van der Waals surface area contributed by atoms with E-state index in [0.29, 0.717) is 17.1 Å². The van der Waals surface area contributed by atoms with E-state index in [1.807, 2.05) is 43.3 Å². The van der Waals surface area contributed by atoms with Gasteiger partial charge in [-0.1, -0.05) is 0 Å². The van der Waals surface area contributed by atoms with E-state index in [1.165, 1.54) is 14.2 Å². The minimum Gasteiger partial charge on any atom is -0.493 e. The lowest BCUT2D eigenvalue weighted by atomic mass is 10.2. The number of carbonyl (C=O) groups is 1. The lowest BCUT2D eigenvalue weighted by Gasteiger charge is -2.14. The van der Waals surface area contributed by atoms with Crippen molar-refractivity contribution in [2.45, 2.75) is 0 Å². The first-order valence-electron chi connectivity index (χ1n) is 7.56. The molecule has 0 saturated carbocycles. The van der Waals surface area contributed by atoms with Crippen LogP contribution in [0.2, 0.25) is 0 Å². The molecule has 0 aliphatic carbocycles. The molecule has 0 fully saturated rings. The Kier molecular flexibility index (Phi) is 6.19. The monoisotopic (exact) mass is 359 g/mol. The second-order valence-electron chi connectivity index (χ2n) is 5.42. The van der Waals surface area contributed by atoms with E-state index >= 15 is 0 Å². The molecule has 6 nitrogen and oxygen atoms in total. The summed E-state index contributed by atoms with van der Waals surface area (Å²) in [5.74, 6) is 0.706. The zero-order valence-corrected chi connectivity index (χ0v) is 15.4. The van der Waals surface area contributed by atoms with Gasteiger partial charge in [-0.05, 0) is 54.7 Å². The molecule has 0 saturated heterocycles. The maximum absolute atomic E-state index is 12.3. The Hall–Kier alpha value is -2.80. The zero-order chi connectivity index (χ0) is 18.4. The van der Waals surface area contributed by atoms with Gasteiger partial charge in [0.05, 0.1) is 14.2 Å². The molecule has 2 aromatic carbocycles. The smallest absolute Gasteiger partial charge is 0.257 e. The summed E-state index contributed by atoms with van der Waals surface area (Å²) in [4.78, 5) is 14.3. The van der Waals surface area contributed by atoms with Gasteiger partial charge in [0, 0.05) is 31.0 Å². The molecule has 7 heteroatoms. The van der Waals surface area contributed by atoms with Gasteiger partial charge in [-0.15, -0.1) is 0 Å². The van der Waals surface area contributed by atoms with Gasteiger partial charge in [-0.3, -0.25) is 10.1 Å². The summed E-state index contributed by atoms with van der Waals surface area (Å²) in [5, 5.41) is 5.85. The molecule has 132 valence electrons. The van der Waals surface area contributed by atoms with Crippen LogP contribution in [0.25, 0.3) is 0 Å². The first-order valence-corrected chi connectivity index (χ1v) is 7.97. The number of hydrogen-bond donors (Lipinski definition) is 2. The number of nitrogens with one attached hydrogen (secondary N) is 2. The molecule has 0 aromatic heterocycles. The SMILES string of the molecule is COc1ccc(C(=O)NC(=S)Nc2ccc(N(C)C)cc2)cc1OC. The number of benzene rings is 2. The summed E-state index contributed by atoms with van der Waals surface area (Å²) >= 11 is 5.20. The van der Waals surface area contributed by atoms with Gasteiger partial charge < -0.3 is 19.7 Å². The van der Waals surface area contributed by atoms with Crippen molar-refractivity contribution in [1.82, 2.24) is 5.32 Å². The molecule has 1 amide bonds. The van der Waals surface area contributed by atoms with Crippen molar-refractivity contribution in [2.75, 3.05) is 38.5 Å². The molecular weight excluding hydrogens is 338 g/mol. The number of thiocarbonyl (C=S) groups is 1. The molecule has 2 aromatic rings. The highest BCUT2D eigenvalue weighted by molar-refractivity contribution is 7.80. The molecule has 0 spiro atoms. The third-order valence-corrected chi connectivity index (χ3v) is 3.72. The second kappa shape index (κ2) is 8.34. The summed E-state index contributed by atoms with van der Waals surface area (Å²) < 4.78 is 10.4. The molecule has 0 atom stereocenters. The van der Waals surface area contributed by atoms with Gasteiger partial charge >= 0.3 is 0 Å². The number of nitrogens with zero attached hydrogens (tertiary/aromatic N) is 1. The average Bonchev–Trinajstić information content (AvgIpc) is 2.61. The Morgan fingerprint density at radius 1 is 1.00 bits per heavy atom. The molecular formula is C18H21N3O3S. The van der Waals surface area contributed by atoms with Crippen molar-refractivity contribution in [3.8, 4) is 11.5 Å². The number of amides is 1.